The van der Waals surface area contributed by atoms with Gasteiger partial charge in [-0.1, -0.05) is 77.4 Å². The van der Waals surface area contributed by atoms with Crippen LogP contribution in [-0.4, -0.2) is 19.6 Å². The summed E-state index contributed by atoms with van der Waals surface area (Å²) < 4.78 is 0. The zero-order valence-corrected chi connectivity index (χ0v) is 17.7. The second-order valence-electron chi connectivity index (χ2n) is 8.62. The summed E-state index contributed by atoms with van der Waals surface area (Å²) in [6, 6.07) is 0. The number of unbranched alkanes of at least 4 members (excludes halogenated alkanes) is 12. The van der Waals surface area contributed by atoms with Crippen molar-refractivity contribution in [3.05, 3.63) is 12.2 Å². The van der Waals surface area contributed by atoms with Crippen molar-refractivity contribution in [2.24, 2.45) is 5.92 Å². The van der Waals surface area contributed by atoms with Gasteiger partial charge in [-0.2, -0.15) is 0 Å². The van der Waals surface area contributed by atoms with Crippen LogP contribution < -0.4 is 4.90 Å². The highest BCUT2D eigenvalue weighted by molar-refractivity contribution is 4.81. The van der Waals surface area contributed by atoms with E-state index in [0.29, 0.717) is 0 Å². The fourth-order valence-electron chi connectivity index (χ4n) is 4.04. The summed E-state index contributed by atoms with van der Waals surface area (Å²) in [7, 11) is 0. The molecule has 1 nitrogen and oxygen atoms in total. The van der Waals surface area contributed by atoms with Crippen LogP contribution in [0.4, 0.5) is 0 Å². The van der Waals surface area contributed by atoms with Gasteiger partial charge in [0.1, 0.15) is 0 Å². The zero-order valence-electron chi connectivity index (χ0n) is 17.7. The average molecular weight is 351 g/mol. The minimum absolute atomic E-state index is 0.989. The van der Waals surface area contributed by atoms with Crippen LogP contribution in [0.2, 0.25) is 0 Å². The van der Waals surface area contributed by atoms with Gasteiger partial charge in [0.2, 0.25) is 0 Å². The molecule has 1 N–H and O–H groups in total. The summed E-state index contributed by atoms with van der Waals surface area (Å²) in [6.45, 7) is 9.02. The van der Waals surface area contributed by atoms with Crippen LogP contribution in [0.3, 0.4) is 0 Å². The maximum atomic E-state index is 2.44. The van der Waals surface area contributed by atoms with E-state index >= 15 is 0 Å². The van der Waals surface area contributed by atoms with E-state index in [1.807, 2.05) is 4.90 Å². The molecule has 25 heavy (non-hydrogen) atoms. The molecule has 148 valence electrons. The molecule has 1 saturated heterocycles. The van der Waals surface area contributed by atoms with E-state index in [9.17, 15) is 0 Å². The number of nitrogens with one attached hydrogen (secondary N) is 1. The maximum Gasteiger partial charge on any atom is 0.0773 e. The van der Waals surface area contributed by atoms with Gasteiger partial charge < -0.3 is 4.90 Å². The van der Waals surface area contributed by atoms with Crippen molar-refractivity contribution in [2.45, 2.75) is 117 Å². The molecule has 0 amide bonds. The van der Waals surface area contributed by atoms with Crippen molar-refractivity contribution < 1.29 is 4.90 Å². The Labute approximate surface area is 159 Å². The molecular weight excluding hydrogens is 302 g/mol. The van der Waals surface area contributed by atoms with E-state index in [1.165, 1.54) is 122 Å². The lowest BCUT2D eigenvalue weighted by atomic mass is 9.99. The first kappa shape index (κ1) is 22.7. The van der Waals surface area contributed by atoms with Crippen molar-refractivity contribution in [2.75, 3.05) is 19.6 Å². The average Bonchev–Trinajstić information content (AvgIpc) is 2.63. The molecule has 1 rings (SSSR count). The van der Waals surface area contributed by atoms with Crippen LogP contribution in [-0.2, 0) is 0 Å². The number of allylic oxidation sites excluding steroid dienone is 2. The molecule has 0 aliphatic carbocycles. The molecule has 0 aromatic rings. The fraction of sp³-hybridized carbons (Fsp3) is 0.917. The highest BCUT2D eigenvalue weighted by atomic mass is 15.1. The van der Waals surface area contributed by atoms with Crippen molar-refractivity contribution in [1.82, 2.24) is 0 Å². The SMILES string of the molecule is CCCCCCCC/C=C\CCCCCCCC[NH+]1CCC(C)CC1. The molecule has 1 heteroatoms. The Morgan fingerprint density at radius 3 is 1.72 bits per heavy atom. The first-order valence-corrected chi connectivity index (χ1v) is 11.8. The van der Waals surface area contributed by atoms with Gasteiger partial charge in [0.05, 0.1) is 19.6 Å². The summed E-state index contributed by atoms with van der Waals surface area (Å²) in [4.78, 5) is 1.88. The lowest BCUT2D eigenvalue weighted by molar-refractivity contribution is -0.906. The molecule has 0 bridgehead atoms. The number of quaternary nitrogens is 1. The Balaban J connectivity index is 1.73. The number of hydrogen-bond donors (Lipinski definition) is 1. The van der Waals surface area contributed by atoms with Crippen LogP contribution in [0.1, 0.15) is 117 Å². The van der Waals surface area contributed by atoms with Crippen LogP contribution in [0.5, 0.6) is 0 Å². The number of hydrogen-bond acceptors (Lipinski definition) is 0. The maximum absolute atomic E-state index is 2.44. The molecule has 0 radical (unpaired) electrons. The van der Waals surface area contributed by atoms with E-state index < -0.39 is 0 Å². The third kappa shape index (κ3) is 14.5. The number of likely N-dealkylation sites (tertiary alicyclic amines) is 1. The van der Waals surface area contributed by atoms with Gasteiger partial charge in [0, 0.05) is 0 Å². The molecule has 0 unspecified atom stereocenters. The van der Waals surface area contributed by atoms with E-state index in [-0.39, 0.29) is 0 Å². The Morgan fingerprint density at radius 2 is 1.16 bits per heavy atom. The van der Waals surface area contributed by atoms with Crippen molar-refractivity contribution in [1.29, 1.82) is 0 Å². The minimum atomic E-state index is 0.989. The van der Waals surface area contributed by atoms with Gasteiger partial charge in [-0.05, 0) is 57.3 Å². The monoisotopic (exact) mass is 350 g/mol. The lowest BCUT2D eigenvalue weighted by Gasteiger charge is -2.27. The molecule has 0 aromatic heterocycles. The standard InChI is InChI=1S/C24H47N/c1-3-4-5-6-7-8-9-10-11-12-13-14-15-16-17-18-21-25-22-19-24(2)20-23-25/h10-11,24H,3-9,12-23H2,1-2H3/p+1/b11-10-. The van der Waals surface area contributed by atoms with Crippen molar-refractivity contribution >= 4 is 0 Å². The van der Waals surface area contributed by atoms with Gasteiger partial charge in [-0.15, -0.1) is 0 Å². The third-order valence-electron chi connectivity index (χ3n) is 6.02. The van der Waals surface area contributed by atoms with Gasteiger partial charge >= 0.3 is 0 Å². The predicted octanol–water partition coefficient (Wildman–Crippen LogP) is 6.34. The molecule has 0 spiro atoms. The molecule has 1 aliphatic rings. The highest BCUT2D eigenvalue weighted by Crippen LogP contribution is 2.10. The largest absolute Gasteiger partial charge is 0.335 e. The van der Waals surface area contributed by atoms with E-state index in [2.05, 4.69) is 26.0 Å². The number of rotatable bonds is 16. The smallest absolute Gasteiger partial charge is 0.0773 e. The molecule has 1 heterocycles. The highest BCUT2D eigenvalue weighted by Gasteiger charge is 2.17. The first-order valence-electron chi connectivity index (χ1n) is 11.8. The summed E-state index contributed by atoms with van der Waals surface area (Å²) in [5, 5.41) is 0. The molecular formula is C24H48N+. The van der Waals surface area contributed by atoms with E-state index in [1.54, 1.807) is 0 Å². The zero-order chi connectivity index (χ0) is 18.0. The topological polar surface area (TPSA) is 4.44 Å². The van der Waals surface area contributed by atoms with Crippen LogP contribution in [0, 0.1) is 5.92 Å². The summed E-state index contributed by atoms with van der Waals surface area (Å²) >= 11 is 0. The normalized spacial score (nSPS) is 21.2. The number of piperidine rings is 1. The van der Waals surface area contributed by atoms with Crippen molar-refractivity contribution in [3.63, 3.8) is 0 Å². The van der Waals surface area contributed by atoms with Crippen LogP contribution in [0.25, 0.3) is 0 Å². The minimum Gasteiger partial charge on any atom is -0.335 e. The van der Waals surface area contributed by atoms with Crippen LogP contribution >= 0.6 is 0 Å². The lowest BCUT2D eigenvalue weighted by Crippen LogP contribution is -3.13. The van der Waals surface area contributed by atoms with Gasteiger partial charge in [-0.25, -0.2) is 0 Å². The molecule has 0 aromatic carbocycles. The Hall–Kier alpha value is -0.300. The summed E-state index contributed by atoms with van der Waals surface area (Å²) in [5.74, 6) is 0.989. The predicted molar refractivity (Wildman–Crippen MR) is 113 cm³/mol. The second kappa shape index (κ2) is 17.1. The Morgan fingerprint density at radius 1 is 0.680 bits per heavy atom. The molecule has 0 atom stereocenters. The van der Waals surface area contributed by atoms with Gasteiger partial charge in [-0.3, -0.25) is 0 Å². The quantitative estimate of drug-likeness (QED) is 0.245. The van der Waals surface area contributed by atoms with E-state index in [0.717, 1.165) is 5.92 Å². The third-order valence-corrected chi connectivity index (χ3v) is 6.02. The molecule has 1 fully saturated rings. The summed E-state index contributed by atoms with van der Waals surface area (Å²) in [5.41, 5.74) is 0. The van der Waals surface area contributed by atoms with Gasteiger partial charge in [0.25, 0.3) is 0 Å². The Bertz CT molecular complexity index is 288. The Kier molecular flexibility index (Phi) is 15.6. The summed E-state index contributed by atoms with van der Waals surface area (Å²) in [6.07, 6.45) is 27.6. The fourth-order valence-corrected chi connectivity index (χ4v) is 4.04. The second-order valence-corrected chi connectivity index (χ2v) is 8.62. The van der Waals surface area contributed by atoms with Crippen LogP contribution in [0.15, 0.2) is 12.2 Å². The molecule has 1 aliphatic heterocycles. The first-order chi connectivity index (χ1) is 12.3. The molecule has 0 saturated carbocycles. The van der Waals surface area contributed by atoms with E-state index in [4.69, 9.17) is 0 Å². The van der Waals surface area contributed by atoms with Gasteiger partial charge in [0.15, 0.2) is 0 Å². The van der Waals surface area contributed by atoms with Crippen molar-refractivity contribution in [3.8, 4) is 0 Å².